The van der Waals surface area contributed by atoms with E-state index in [2.05, 4.69) is 6.92 Å². The maximum absolute atomic E-state index is 12.5. The second-order valence-corrected chi connectivity index (χ2v) is 6.55. The number of hydrogen-bond donors (Lipinski definition) is 1. The Morgan fingerprint density at radius 1 is 1.19 bits per heavy atom. The number of aliphatic carboxylic acids is 1. The Hall–Kier alpha value is -1.10. The van der Waals surface area contributed by atoms with Gasteiger partial charge in [-0.3, -0.25) is 4.79 Å². The first-order valence-corrected chi connectivity index (χ1v) is 8.17. The van der Waals surface area contributed by atoms with E-state index in [1.165, 1.54) is 11.3 Å². The molecule has 5 nitrogen and oxygen atoms in total. The summed E-state index contributed by atoms with van der Waals surface area (Å²) in [6.45, 7) is 4.51. The first-order valence-electron chi connectivity index (χ1n) is 8.17. The van der Waals surface area contributed by atoms with Crippen molar-refractivity contribution in [1.29, 1.82) is 0 Å². The number of piperidine rings is 1. The molecule has 1 saturated carbocycles. The standard InChI is InChI=1S/C16H27NO4/c1-11-6-5-7-13(10-11)21-12(2)15(18)17-9-4-3-8-14(17)16(19)20/h11-14H,3-10H2,1-2H3,(H,19,20)/t11-,12+,13+,14+/m1/s1. The van der Waals surface area contributed by atoms with Crippen LogP contribution in [0.25, 0.3) is 0 Å². The van der Waals surface area contributed by atoms with Gasteiger partial charge in [0.2, 0.25) is 0 Å². The molecule has 1 heterocycles. The number of amides is 1. The minimum absolute atomic E-state index is 0.140. The van der Waals surface area contributed by atoms with Crippen LogP contribution in [-0.4, -0.2) is 46.7 Å². The Kier molecular flexibility index (Phi) is 5.62. The van der Waals surface area contributed by atoms with E-state index in [1.54, 1.807) is 6.92 Å². The maximum Gasteiger partial charge on any atom is 0.326 e. The Morgan fingerprint density at radius 3 is 2.62 bits per heavy atom. The first kappa shape index (κ1) is 16.3. The molecule has 1 aliphatic carbocycles. The molecule has 2 fully saturated rings. The van der Waals surface area contributed by atoms with Crippen LogP contribution in [0.15, 0.2) is 0 Å². The number of rotatable bonds is 4. The van der Waals surface area contributed by atoms with Crippen molar-refractivity contribution in [3.63, 3.8) is 0 Å². The summed E-state index contributed by atoms with van der Waals surface area (Å²) >= 11 is 0. The van der Waals surface area contributed by atoms with Crippen molar-refractivity contribution in [3.8, 4) is 0 Å². The fourth-order valence-electron chi connectivity index (χ4n) is 3.53. The summed E-state index contributed by atoms with van der Waals surface area (Å²) in [6, 6.07) is -0.678. The van der Waals surface area contributed by atoms with Crippen LogP contribution in [-0.2, 0) is 14.3 Å². The number of carboxylic acid groups (broad SMARTS) is 1. The number of carboxylic acids is 1. The molecule has 1 N–H and O–H groups in total. The molecule has 21 heavy (non-hydrogen) atoms. The lowest BCUT2D eigenvalue weighted by Gasteiger charge is -2.36. The Labute approximate surface area is 126 Å². The SMILES string of the molecule is C[C@@H]1CCC[C@H](O[C@@H](C)C(=O)N2CCCC[C@H]2C(=O)O)C1. The highest BCUT2D eigenvalue weighted by Crippen LogP contribution is 2.27. The third kappa shape index (κ3) is 4.19. The van der Waals surface area contributed by atoms with Crippen LogP contribution < -0.4 is 0 Å². The lowest BCUT2D eigenvalue weighted by molar-refractivity contribution is -0.160. The first-order chi connectivity index (χ1) is 9.99. The smallest absolute Gasteiger partial charge is 0.326 e. The van der Waals surface area contributed by atoms with Crippen LogP contribution in [0.3, 0.4) is 0 Å². The third-order valence-corrected chi connectivity index (χ3v) is 4.70. The molecule has 0 radical (unpaired) electrons. The summed E-state index contributed by atoms with van der Waals surface area (Å²) in [5, 5.41) is 9.26. The van der Waals surface area contributed by atoms with E-state index in [0.717, 1.165) is 32.1 Å². The van der Waals surface area contributed by atoms with Gasteiger partial charge in [0.25, 0.3) is 5.91 Å². The quantitative estimate of drug-likeness (QED) is 0.865. The zero-order valence-electron chi connectivity index (χ0n) is 13.1. The van der Waals surface area contributed by atoms with E-state index in [0.29, 0.717) is 18.9 Å². The highest BCUT2D eigenvalue weighted by Gasteiger charge is 2.35. The zero-order chi connectivity index (χ0) is 15.4. The van der Waals surface area contributed by atoms with Gasteiger partial charge in [-0.1, -0.05) is 19.8 Å². The molecule has 0 aromatic rings. The monoisotopic (exact) mass is 297 g/mol. The van der Waals surface area contributed by atoms with Crippen molar-refractivity contribution >= 4 is 11.9 Å². The van der Waals surface area contributed by atoms with Gasteiger partial charge >= 0.3 is 5.97 Å². The average Bonchev–Trinajstić information content (AvgIpc) is 2.46. The van der Waals surface area contributed by atoms with Crippen molar-refractivity contribution in [1.82, 2.24) is 4.90 Å². The van der Waals surface area contributed by atoms with Crippen LogP contribution >= 0.6 is 0 Å². The Balaban J connectivity index is 1.92. The molecule has 0 spiro atoms. The predicted octanol–water partition coefficient (Wildman–Crippen LogP) is 2.44. The molecule has 120 valence electrons. The van der Waals surface area contributed by atoms with Crippen molar-refractivity contribution in [2.75, 3.05) is 6.54 Å². The van der Waals surface area contributed by atoms with Gasteiger partial charge in [-0.2, -0.15) is 0 Å². The van der Waals surface area contributed by atoms with Crippen LogP contribution in [0.5, 0.6) is 0 Å². The summed E-state index contributed by atoms with van der Waals surface area (Å²) in [5.41, 5.74) is 0. The van der Waals surface area contributed by atoms with E-state index in [4.69, 9.17) is 4.74 Å². The minimum Gasteiger partial charge on any atom is -0.480 e. The van der Waals surface area contributed by atoms with E-state index < -0.39 is 18.1 Å². The van der Waals surface area contributed by atoms with Crippen LogP contribution in [0.2, 0.25) is 0 Å². The van der Waals surface area contributed by atoms with Crippen LogP contribution in [0.1, 0.15) is 58.8 Å². The van der Waals surface area contributed by atoms with Gasteiger partial charge in [-0.05, 0) is 44.9 Å². The highest BCUT2D eigenvalue weighted by molar-refractivity contribution is 5.86. The summed E-state index contributed by atoms with van der Waals surface area (Å²) < 4.78 is 5.92. The predicted molar refractivity (Wildman–Crippen MR) is 79.0 cm³/mol. The molecule has 0 unspecified atom stereocenters. The Bertz CT molecular complexity index is 384. The fraction of sp³-hybridized carbons (Fsp3) is 0.875. The van der Waals surface area contributed by atoms with E-state index >= 15 is 0 Å². The molecule has 2 rings (SSSR count). The van der Waals surface area contributed by atoms with E-state index in [9.17, 15) is 14.7 Å². The van der Waals surface area contributed by atoms with Crippen LogP contribution in [0, 0.1) is 5.92 Å². The molecule has 0 bridgehead atoms. The summed E-state index contributed by atoms with van der Waals surface area (Å²) in [7, 11) is 0. The van der Waals surface area contributed by atoms with Crippen molar-refractivity contribution in [2.24, 2.45) is 5.92 Å². The normalized spacial score (nSPS) is 31.7. The number of carbonyl (C=O) groups excluding carboxylic acids is 1. The van der Waals surface area contributed by atoms with Crippen molar-refractivity contribution in [2.45, 2.75) is 77.0 Å². The van der Waals surface area contributed by atoms with Gasteiger partial charge in [-0.25, -0.2) is 4.79 Å². The molecular formula is C16H27NO4. The van der Waals surface area contributed by atoms with Crippen molar-refractivity contribution < 1.29 is 19.4 Å². The number of carbonyl (C=O) groups is 2. The molecule has 1 saturated heterocycles. The summed E-state index contributed by atoms with van der Waals surface area (Å²) in [6.07, 6.45) is 6.28. The second kappa shape index (κ2) is 7.25. The van der Waals surface area contributed by atoms with Gasteiger partial charge in [0.15, 0.2) is 0 Å². The fourth-order valence-corrected chi connectivity index (χ4v) is 3.53. The molecule has 1 aliphatic heterocycles. The lowest BCUT2D eigenvalue weighted by Crippen LogP contribution is -2.52. The third-order valence-electron chi connectivity index (χ3n) is 4.70. The summed E-state index contributed by atoms with van der Waals surface area (Å²) in [4.78, 5) is 25.3. The number of nitrogens with zero attached hydrogens (tertiary/aromatic N) is 1. The largest absolute Gasteiger partial charge is 0.480 e. The highest BCUT2D eigenvalue weighted by atomic mass is 16.5. The summed E-state index contributed by atoms with van der Waals surface area (Å²) in [5.74, 6) is -0.422. The maximum atomic E-state index is 12.5. The zero-order valence-corrected chi connectivity index (χ0v) is 13.1. The molecule has 0 aromatic heterocycles. The number of likely N-dealkylation sites (tertiary alicyclic amines) is 1. The van der Waals surface area contributed by atoms with E-state index in [-0.39, 0.29) is 12.0 Å². The number of ether oxygens (including phenoxy) is 1. The molecular weight excluding hydrogens is 270 g/mol. The minimum atomic E-state index is -0.901. The van der Waals surface area contributed by atoms with E-state index in [1.807, 2.05) is 0 Å². The van der Waals surface area contributed by atoms with Gasteiger partial charge < -0.3 is 14.7 Å². The molecule has 0 aromatic carbocycles. The lowest BCUT2D eigenvalue weighted by atomic mass is 9.88. The van der Waals surface area contributed by atoms with Gasteiger partial charge in [-0.15, -0.1) is 0 Å². The molecule has 5 heteroatoms. The molecule has 2 aliphatic rings. The van der Waals surface area contributed by atoms with Gasteiger partial charge in [0, 0.05) is 6.54 Å². The molecule has 1 amide bonds. The second-order valence-electron chi connectivity index (χ2n) is 6.55. The topological polar surface area (TPSA) is 66.8 Å². The van der Waals surface area contributed by atoms with Gasteiger partial charge in [0.1, 0.15) is 12.1 Å². The number of hydrogen-bond acceptors (Lipinski definition) is 3. The van der Waals surface area contributed by atoms with Crippen LogP contribution in [0.4, 0.5) is 0 Å². The average molecular weight is 297 g/mol. The van der Waals surface area contributed by atoms with Gasteiger partial charge in [0.05, 0.1) is 6.10 Å². The van der Waals surface area contributed by atoms with Crippen molar-refractivity contribution in [3.05, 3.63) is 0 Å². The Morgan fingerprint density at radius 2 is 1.95 bits per heavy atom. The molecule has 4 atom stereocenters.